The number of halogens is 2. The van der Waals surface area contributed by atoms with E-state index in [1.165, 1.54) is 5.01 Å². The van der Waals surface area contributed by atoms with Gasteiger partial charge in [-0.1, -0.05) is 71.7 Å². The fourth-order valence-electron chi connectivity index (χ4n) is 4.91. The van der Waals surface area contributed by atoms with E-state index >= 15 is 0 Å². The molecule has 0 saturated carbocycles. The molecule has 38 heavy (non-hydrogen) atoms. The number of carboxylic acid groups (broad SMARTS) is 1. The van der Waals surface area contributed by atoms with Crippen LogP contribution in [0.1, 0.15) is 42.9 Å². The molecule has 7 nitrogen and oxygen atoms in total. The highest BCUT2D eigenvalue weighted by Crippen LogP contribution is 2.41. The van der Waals surface area contributed by atoms with Crippen LogP contribution in [-0.2, 0) is 14.4 Å². The van der Waals surface area contributed by atoms with Crippen LogP contribution in [0.15, 0.2) is 93.5 Å². The predicted molar refractivity (Wildman–Crippen MR) is 147 cm³/mol. The maximum atomic E-state index is 13.5. The van der Waals surface area contributed by atoms with Gasteiger partial charge < -0.3 is 5.11 Å². The van der Waals surface area contributed by atoms with Crippen molar-refractivity contribution in [1.82, 2.24) is 5.01 Å². The van der Waals surface area contributed by atoms with Crippen LogP contribution in [0.2, 0.25) is 5.02 Å². The van der Waals surface area contributed by atoms with Crippen molar-refractivity contribution in [3.63, 3.8) is 0 Å². The van der Waals surface area contributed by atoms with Crippen molar-refractivity contribution in [3.05, 3.63) is 99.6 Å². The lowest BCUT2D eigenvalue weighted by atomic mass is 9.79. The van der Waals surface area contributed by atoms with Crippen LogP contribution in [0.4, 0.5) is 0 Å². The van der Waals surface area contributed by atoms with Gasteiger partial charge in [0.15, 0.2) is 0 Å². The Morgan fingerprint density at radius 1 is 1.00 bits per heavy atom. The van der Waals surface area contributed by atoms with Crippen molar-refractivity contribution in [3.8, 4) is 0 Å². The third kappa shape index (κ3) is 5.26. The summed E-state index contributed by atoms with van der Waals surface area (Å²) in [5.41, 5.74) is 3.76. The molecular formula is C29H23Cl2N3O4. The lowest BCUT2D eigenvalue weighted by Crippen LogP contribution is -2.27. The number of rotatable bonds is 7. The fourth-order valence-corrected chi connectivity index (χ4v) is 5.23. The summed E-state index contributed by atoms with van der Waals surface area (Å²) in [4.78, 5) is 42.1. The van der Waals surface area contributed by atoms with Crippen LogP contribution >= 0.6 is 23.2 Å². The van der Waals surface area contributed by atoms with Crippen LogP contribution in [0, 0.1) is 5.92 Å². The van der Waals surface area contributed by atoms with E-state index in [9.17, 15) is 14.4 Å². The topological polar surface area (TPSA) is 99.4 Å². The third-order valence-electron chi connectivity index (χ3n) is 6.66. The summed E-state index contributed by atoms with van der Waals surface area (Å²) in [6.07, 6.45) is 5.67. The van der Waals surface area contributed by atoms with Crippen LogP contribution < -0.4 is 0 Å². The minimum Gasteiger partial charge on any atom is -0.481 e. The van der Waals surface area contributed by atoms with Crippen molar-refractivity contribution < 1.29 is 19.5 Å². The molecule has 2 aromatic rings. The number of allylic oxidation sites excluding steroid dienone is 5. The van der Waals surface area contributed by atoms with E-state index in [-0.39, 0.29) is 37.5 Å². The summed E-state index contributed by atoms with van der Waals surface area (Å²) in [6, 6.07) is 16.2. The maximum Gasteiger partial charge on any atom is 0.303 e. The first-order valence-electron chi connectivity index (χ1n) is 12.2. The van der Waals surface area contributed by atoms with Gasteiger partial charge in [0.1, 0.15) is 0 Å². The van der Waals surface area contributed by atoms with Gasteiger partial charge in [0.25, 0.3) is 5.91 Å². The van der Waals surface area contributed by atoms with Gasteiger partial charge in [0, 0.05) is 35.2 Å². The summed E-state index contributed by atoms with van der Waals surface area (Å²) in [5, 5.41) is 16.1. The number of nitrogens with zero attached hydrogens (tertiary/aromatic N) is 3. The smallest absolute Gasteiger partial charge is 0.303 e. The highest BCUT2D eigenvalue weighted by Gasteiger charge is 2.40. The van der Waals surface area contributed by atoms with E-state index in [1.807, 2.05) is 48.5 Å². The third-order valence-corrected chi connectivity index (χ3v) is 7.16. The molecule has 0 spiro atoms. The Bertz CT molecular complexity index is 1460. The summed E-state index contributed by atoms with van der Waals surface area (Å²) in [7, 11) is 0. The molecule has 192 valence electrons. The van der Waals surface area contributed by atoms with E-state index in [4.69, 9.17) is 28.3 Å². The van der Waals surface area contributed by atoms with Crippen molar-refractivity contribution in [1.29, 1.82) is 0 Å². The first-order valence-corrected chi connectivity index (χ1v) is 12.9. The Morgan fingerprint density at radius 3 is 2.45 bits per heavy atom. The average Bonchev–Trinajstić information content (AvgIpc) is 3.34. The van der Waals surface area contributed by atoms with Crippen LogP contribution in [0.25, 0.3) is 5.57 Å². The summed E-state index contributed by atoms with van der Waals surface area (Å²) >= 11 is 12.5. The summed E-state index contributed by atoms with van der Waals surface area (Å²) in [6.45, 7) is 0. The molecule has 5 rings (SSSR count). The number of fused-ring (bicyclic) bond motifs is 1. The van der Waals surface area contributed by atoms with Gasteiger partial charge in [-0.25, -0.2) is 10.0 Å². The van der Waals surface area contributed by atoms with Gasteiger partial charge in [-0.05, 0) is 47.4 Å². The number of hydrogen-bond donors (Lipinski definition) is 1. The molecule has 0 fully saturated rings. The molecule has 3 aliphatic rings. The second-order valence-corrected chi connectivity index (χ2v) is 10.0. The minimum absolute atomic E-state index is 0.0137. The average molecular weight is 548 g/mol. The van der Waals surface area contributed by atoms with E-state index < -0.39 is 17.9 Å². The second-order valence-electron chi connectivity index (χ2n) is 9.16. The fraction of sp³-hybridized carbons (Fsp3) is 0.207. The van der Waals surface area contributed by atoms with Crippen LogP contribution in [-0.4, -0.2) is 39.3 Å². The van der Waals surface area contributed by atoms with Gasteiger partial charge in [-0.15, -0.1) is 0 Å². The highest BCUT2D eigenvalue weighted by molar-refractivity contribution is 6.36. The van der Waals surface area contributed by atoms with Crippen LogP contribution in [0.3, 0.4) is 0 Å². The van der Waals surface area contributed by atoms with E-state index in [2.05, 4.69) is 10.1 Å². The second kappa shape index (κ2) is 10.9. The Balaban J connectivity index is 1.60. The molecule has 0 aromatic heterocycles. The molecule has 9 heteroatoms. The number of aliphatic imine (C=N–C) groups is 1. The number of hydrazone groups is 1. The SMILES string of the molecule is O=C(O)CCCC(=O)N1N=C(C2=C(c3ccccc3)C3C=C(Cl)C=CC3=NC2=O)CC1c1ccc(Cl)cc1. The first kappa shape index (κ1) is 25.8. The molecule has 1 N–H and O–H groups in total. The Morgan fingerprint density at radius 2 is 1.74 bits per heavy atom. The number of carbonyl (C=O) groups is 3. The lowest BCUT2D eigenvalue weighted by Gasteiger charge is -2.27. The standard InChI is InChI=1S/C29H23Cl2N3O4/c30-19-11-9-17(10-12-19)24-16-23(33-34(24)25(35)7-4-8-26(36)37)28-27(18-5-2-1-3-6-18)21-15-20(31)13-14-22(21)32-29(28)38/h1-3,5-6,9-15,21,24H,4,7-8,16H2,(H,36,37). The monoisotopic (exact) mass is 547 g/mol. The van der Waals surface area contributed by atoms with Crippen molar-refractivity contribution in [2.45, 2.75) is 31.7 Å². The maximum absolute atomic E-state index is 13.5. The molecule has 1 aliphatic carbocycles. The number of carboxylic acids is 1. The van der Waals surface area contributed by atoms with Crippen LogP contribution in [0.5, 0.6) is 0 Å². The number of amides is 2. The zero-order valence-corrected chi connectivity index (χ0v) is 21.7. The Kier molecular flexibility index (Phi) is 7.40. The number of dihydropyridines is 1. The van der Waals surface area contributed by atoms with Crippen molar-refractivity contribution >= 4 is 58.0 Å². The van der Waals surface area contributed by atoms with Gasteiger partial charge in [0.2, 0.25) is 5.91 Å². The largest absolute Gasteiger partial charge is 0.481 e. The highest BCUT2D eigenvalue weighted by atomic mass is 35.5. The van der Waals surface area contributed by atoms with Gasteiger partial charge in [-0.2, -0.15) is 5.10 Å². The molecule has 0 bridgehead atoms. The Labute approximate surface area is 229 Å². The number of benzene rings is 2. The van der Waals surface area contributed by atoms with Gasteiger partial charge >= 0.3 is 5.97 Å². The van der Waals surface area contributed by atoms with Gasteiger partial charge in [-0.3, -0.25) is 14.4 Å². The molecule has 2 amide bonds. The van der Waals surface area contributed by atoms with Crippen molar-refractivity contribution in [2.75, 3.05) is 0 Å². The lowest BCUT2D eigenvalue weighted by molar-refractivity contribution is -0.137. The zero-order chi connectivity index (χ0) is 26.8. The molecule has 2 heterocycles. The normalized spacial score (nSPS) is 20.6. The Hall–Kier alpha value is -3.81. The summed E-state index contributed by atoms with van der Waals surface area (Å²) in [5.74, 6) is -2.07. The minimum atomic E-state index is -0.968. The molecule has 2 unspecified atom stereocenters. The van der Waals surface area contributed by atoms with E-state index in [0.717, 1.165) is 16.7 Å². The molecule has 0 radical (unpaired) electrons. The summed E-state index contributed by atoms with van der Waals surface area (Å²) < 4.78 is 0. The molecule has 0 saturated heterocycles. The zero-order valence-electron chi connectivity index (χ0n) is 20.2. The molecule has 2 aromatic carbocycles. The molecule has 2 aliphatic heterocycles. The number of carbonyl (C=O) groups excluding carboxylic acids is 2. The number of aliphatic carboxylic acids is 1. The molecule has 2 atom stereocenters. The predicted octanol–water partition coefficient (Wildman–Crippen LogP) is 5.97. The first-order chi connectivity index (χ1) is 18.3. The van der Waals surface area contributed by atoms with Gasteiger partial charge in [0.05, 0.1) is 23.0 Å². The van der Waals surface area contributed by atoms with E-state index in [1.54, 1.807) is 24.3 Å². The number of hydrogen-bond acceptors (Lipinski definition) is 4. The van der Waals surface area contributed by atoms with E-state index in [0.29, 0.717) is 27.1 Å². The van der Waals surface area contributed by atoms with Crippen molar-refractivity contribution in [2.24, 2.45) is 16.0 Å². The molecular weight excluding hydrogens is 525 g/mol. The quantitative estimate of drug-likeness (QED) is 0.461.